The van der Waals surface area contributed by atoms with Gasteiger partial charge >= 0.3 is 5.69 Å². The van der Waals surface area contributed by atoms with Gasteiger partial charge in [0.1, 0.15) is 6.07 Å². The van der Waals surface area contributed by atoms with Gasteiger partial charge in [-0.05, 0) is 36.3 Å². The second-order valence-corrected chi connectivity index (χ2v) is 5.99. The number of rotatable bonds is 6. The second-order valence-electron chi connectivity index (χ2n) is 5.99. The maximum absolute atomic E-state index is 11.4. The van der Waals surface area contributed by atoms with Crippen molar-refractivity contribution in [2.24, 2.45) is 7.05 Å². The van der Waals surface area contributed by atoms with Crippen molar-refractivity contribution in [2.75, 3.05) is 6.61 Å². The number of allylic oxidation sites excluding steroid dienone is 1. The van der Waals surface area contributed by atoms with Crippen LogP contribution in [-0.4, -0.2) is 21.1 Å². The third kappa shape index (κ3) is 3.65. The minimum atomic E-state index is -0.483. The quantitative estimate of drug-likeness (QED) is 0.369. The second kappa shape index (κ2) is 7.70. The van der Waals surface area contributed by atoms with Crippen LogP contribution >= 0.6 is 0 Å². The average Bonchev–Trinajstić information content (AvgIpc) is 3.01. The smallest absolute Gasteiger partial charge is 0.311 e. The molecule has 0 aliphatic heterocycles. The molecule has 0 amide bonds. The number of nitro benzene ring substituents is 1. The van der Waals surface area contributed by atoms with E-state index < -0.39 is 4.92 Å². The molecule has 1 heterocycles. The van der Waals surface area contributed by atoms with E-state index in [1.165, 1.54) is 6.07 Å². The first-order valence-electron chi connectivity index (χ1n) is 8.50. The molecule has 0 bridgehead atoms. The van der Waals surface area contributed by atoms with Gasteiger partial charge in [-0.2, -0.15) is 5.26 Å². The molecule has 0 unspecified atom stereocenters. The van der Waals surface area contributed by atoms with E-state index in [0.717, 1.165) is 17.5 Å². The molecule has 7 nitrogen and oxygen atoms in total. The summed E-state index contributed by atoms with van der Waals surface area (Å²) in [7, 11) is 1.83. The van der Waals surface area contributed by atoms with Gasteiger partial charge in [-0.25, -0.2) is 4.98 Å². The van der Waals surface area contributed by atoms with Crippen LogP contribution in [0.15, 0.2) is 42.5 Å². The summed E-state index contributed by atoms with van der Waals surface area (Å²) in [6.45, 7) is 2.33. The number of nitrogens with zero attached hydrogens (tertiary/aromatic N) is 4. The fraction of sp³-hybridized carbons (Fsp3) is 0.200. The highest BCUT2D eigenvalue weighted by Crippen LogP contribution is 2.30. The minimum absolute atomic E-state index is 0.125. The summed E-state index contributed by atoms with van der Waals surface area (Å²) in [5.74, 6) is 0.730. The number of nitro groups is 1. The van der Waals surface area contributed by atoms with Crippen LogP contribution in [0.4, 0.5) is 5.69 Å². The van der Waals surface area contributed by atoms with Gasteiger partial charge in [0.25, 0.3) is 0 Å². The topological polar surface area (TPSA) is 94.0 Å². The Balaban J connectivity index is 2.05. The molecule has 2 aromatic carbocycles. The lowest BCUT2D eigenvalue weighted by molar-refractivity contribution is -0.385. The number of para-hydroxylation sites is 2. The van der Waals surface area contributed by atoms with Crippen molar-refractivity contribution in [1.82, 2.24) is 9.55 Å². The molecular formula is C20H18N4O3. The molecule has 0 radical (unpaired) electrons. The molecule has 27 heavy (non-hydrogen) atoms. The lowest BCUT2D eigenvalue weighted by Crippen LogP contribution is -2.00. The number of fused-ring (bicyclic) bond motifs is 1. The normalized spacial score (nSPS) is 11.4. The summed E-state index contributed by atoms with van der Waals surface area (Å²) in [6.07, 6.45) is 2.35. The first kappa shape index (κ1) is 18.1. The molecule has 0 aliphatic carbocycles. The van der Waals surface area contributed by atoms with E-state index in [1.807, 2.05) is 42.8 Å². The third-order valence-electron chi connectivity index (χ3n) is 4.10. The Kier molecular flexibility index (Phi) is 5.18. The van der Waals surface area contributed by atoms with Gasteiger partial charge in [-0.15, -0.1) is 0 Å². The van der Waals surface area contributed by atoms with Gasteiger partial charge in [0.2, 0.25) is 0 Å². The van der Waals surface area contributed by atoms with Crippen molar-refractivity contribution in [1.29, 1.82) is 5.26 Å². The van der Waals surface area contributed by atoms with Crippen LogP contribution in [-0.2, 0) is 7.05 Å². The first-order chi connectivity index (χ1) is 13.0. The van der Waals surface area contributed by atoms with E-state index in [4.69, 9.17) is 4.74 Å². The van der Waals surface area contributed by atoms with Gasteiger partial charge in [0.05, 0.1) is 28.1 Å². The van der Waals surface area contributed by atoms with E-state index >= 15 is 0 Å². The fourth-order valence-electron chi connectivity index (χ4n) is 2.80. The number of hydrogen-bond donors (Lipinski definition) is 0. The molecule has 0 spiro atoms. The van der Waals surface area contributed by atoms with E-state index in [9.17, 15) is 15.4 Å². The number of nitriles is 1. The minimum Gasteiger partial charge on any atom is -0.487 e. The van der Waals surface area contributed by atoms with Crippen molar-refractivity contribution in [3.05, 3.63) is 64.0 Å². The molecular weight excluding hydrogens is 344 g/mol. The maximum Gasteiger partial charge on any atom is 0.311 e. The summed E-state index contributed by atoms with van der Waals surface area (Å²) in [6, 6.07) is 14.4. The molecule has 0 atom stereocenters. The first-order valence-corrected chi connectivity index (χ1v) is 8.50. The van der Waals surface area contributed by atoms with Crippen molar-refractivity contribution >= 4 is 28.4 Å². The zero-order chi connectivity index (χ0) is 19.4. The summed E-state index contributed by atoms with van der Waals surface area (Å²) in [4.78, 5) is 15.4. The monoisotopic (exact) mass is 362 g/mol. The standard InChI is InChI=1S/C20H18N4O3/c1-3-10-27-19-9-8-14(12-18(19)24(25)26)11-15(13-21)20-22-16-6-4-5-7-17(16)23(20)2/h4-9,11-12H,3,10H2,1-2H3/b15-11-. The van der Waals surface area contributed by atoms with Crippen molar-refractivity contribution in [2.45, 2.75) is 13.3 Å². The highest BCUT2D eigenvalue weighted by Gasteiger charge is 2.17. The Labute approximate surface area is 156 Å². The number of aryl methyl sites for hydroxylation is 1. The van der Waals surface area contributed by atoms with E-state index in [1.54, 1.807) is 18.2 Å². The number of hydrogen-bond acceptors (Lipinski definition) is 5. The summed E-state index contributed by atoms with van der Waals surface area (Å²) < 4.78 is 7.26. The van der Waals surface area contributed by atoms with Crippen LogP contribution in [0.25, 0.3) is 22.7 Å². The van der Waals surface area contributed by atoms with Gasteiger partial charge in [-0.3, -0.25) is 10.1 Å². The Hall–Kier alpha value is -3.66. The van der Waals surface area contributed by atoms with Crippen LogP contribution in [0.3, 0.4) is 0 Å². The molecule has 3 aromatic rings. The zero-order valence-corrected chi connectivity index (χ0v) is 15.0. The average molecular weight is 362 g/mol. The lowest BCUT2D eigenvalue weighted by Gasteiger charge is -2.06. The van der Waals surface area contributed by atoms with Crippen LogP contribution < -0.4 is 4.74 Å². The van der Waals surface area contributed by atoms with Crippen LogP contribution in [0.5, 0.6) is 5.75 Å². The molecule has 136 valence electrons. The zero-order valence-electron chi connectivity index (χ0n) is 15.0. The molecule has 0 saturated carbocycles. The van der Waals surface area contributed by atoms with Gasteiger partial charge in [-0.1, -0.05) is 25.1 Å². The van der Waals surface area contributed by atoms with E-state index in [-0.39, 0.29) is 11.4 Å². The van der Waals surface area contributed by atoms with Crippen LogP contribution in [0, 0.1) is 21.4 Å². The van der Waals surface area contributed by atoms with Crippen LogP contribution in [0.2, 0.25) is 0 Å². The van der Waals surface area contributed by atoms with Crippen molar-refractivity contribution < 1.29 is 9.66 Å². The summed E-state index contributed by atoms with van der Waals surface area (Å²) in [5.41, 5.74) is 2.42. The van der Waals surface area contributed by atoms with E-state index in [2.05, 4.69) is 11.1 Å². The molecule has 7 heteroatoms. The molecule has 0 fully saturated rings. The fourth-order valence-corrected chi connectivity index (χ4v) is 2.80. The number of imidazole rings is 1. The van der Waals surface area contributed by atoms with Gasteiger partial charge in [0, 0.05) is 13.1 Å². The Morgan fingerprint density at radius 1 is 1.37 bits per heavy atom. The van der Waals surface area contributed by atoms with E-state index in [0.29, 0.717) is 23.6 Å². The predicted molar refractivity (Wildman–Crippen MR) is 103 cm³/mol. The SMILES string of the molecule is CCCOc1ccc(/C=C(/C#N)c2nc3ccccc3n2C)cc1[N+](=O)[O-]. The Morgan fingerprint density at radius 3 is 2.81 bits per heavy atom. The summed E-state index contributed by atoms with van der Waals surface area (Å²) in [5, 5.41) is 21.0. The Morgan fingerprint density at radius 2 is 2.15 bits per heavy atom. The molecule has 1 aromatic heterocycles. The number of aromatic nitrogens is 2. The lowest BCUT2D eigenvalue weighted by atomic mass is 10.1. The number of benzene rings is 2. The molecule has 0 aliphatic rings. The van der Waals surface area contributed by atoms with Gasteiger partial charge in [0.15, 0.2) is 11.6 Å². The van der Waals surface area contributed by atoms with Gasteiger partial charge < -0.3 is 9.30 Å². The molecule has 3 rings (SSSR count). The Bertz CT molecular complexity index is 1080. The predicted octanol–water partition coefficient (Wildman–Crippen LogP) is 4.33. The summed E-state index contributed by atoms with van der Waals surface area (Å²) >= 11 is 0. The molecule has 0 N–H and O–H groups in total. The van der Waals surface area contributed by atoms with Crippen molar-refractivity contribution in [3.8, 4) is 11.8 Å². The van der Waals surface area contributed by atoms with Crippen molar-refractivity contribution in [3.63, 3.8) is 0 Å². The third-order valence-corrected chi connectivity index (χ3v) is 4.10. The number of ether oxygens (including phenoxy) is 1. The molecule has 0 saturated heterocycles. The maximum atomic E-state index is 11.4. The van der Waals surface area contributed by atoms with Crippen LogP contribution in [0.1, 0.15) is 24.7 Å². The highest BCUT2D eigenvalue weighted by molar-refractivity contribution is 5.91. The highest BCUT2D eigenvalue weighted by atomic mass is 16.6. The largest absolute Gasteiger partial charge is 0.487 e.